The average Bonchev–Trinajstić information content (AvgIpc) is 3.05. The Morgan fingerprint density at radius 3 is 2.55 bits per heavy atom. The van der Waals surface area contributed by atoms with Crippen molar-refractivity contribution in [2.24, 2.45) is 0 Å². The van der Waals surface area contributed by atoms with Crippen LogP contribution in [0.5, 0.6) is 0 Å². The van der Waals surface area contributed by atoms with Gasteiger partial charge >= 0.3 is 5.97 Å². The molecule has 1 aromatic heterocycles. The van der Waals surface area contributed by atoms with Gasteiger partial charge in [-0.25, -0.2) is 4.79 Å². The van der Waals surface area contributed by atoms with Gasteiger partial charge in [0.2, 0.25) is 0 Å². The lowest BCUT2D eigenvalue weighted by atomic mass is 10.1. The molecular weight excluding hydrogens is 394 g/mol. The number of amides is 1. The lowest BCUT2D eigenvalue weighted by Gasteiger charge is -2.20. The van der Waals surface area contributed by atoms with Gasteiger partial charge in [0, 0.05) is 38.1 Å². The van der Waals surface area contributed by atoms with Crippen LogP contribution in [-0.2, 0) is 32.2 Å². The molecule has 1 amide bonds. The highest BCUT2D eigenvalue weighted by Crippen LogP contribution is 2.18. The van der Waals surface area contributed by atoms with E-state index in [0.29, 0.717) is 26.2 Å². The van der Waals surface area contributed by atoms with E-state index in [1.807, 2.05) is 63.2 Å². The summed E-state index contributed by atoms with van der Waals surface area (Å²) in [6.45, 7) is 7.48. The van der Waals surface area contributed by atoms with E-state index in [0.717, 1.165) is 22.5 Å². The molecule has 0 N–H and O–H groups in total. The number of aryl methyl sites for hydroxylation is 1. The average molecular weight is 424 g/mol. The number of rotatable bonds is 10. The molecule has 0 aliphatic heterocycles. The quantitative estimate of drug-likeness (QED) is 0.333. The maximum absolute atomic E-state index is 12.5. The second kappa shape index (κ2) is 11.7. The molecule has 7 nitrogen and oxygen atoms in total. The molecule has 0 saturated carbocycles. The molecule has 0 unspecified atom stereocenters. The Kier molecular flexibility index (Phi) is 9.04. The van der Waals surface area contributed by atoms with Crippen LogP contribution in [-0.4, -0.2) is 48.2 Å². The maximum atomic E-state index is 12.5. The fourth-order valence-corrected chi connectivity index (χ4v) is 3.27. The molecule has 2 aromatic rings. The van der Waals surface area contributed by atoms with E-state index in [4.69, 9.17) is 9.47 Å². The number of nitriles is 1. The number of benzene rings is 1. The van der Waals surface area contributed by atoms with Crippen molar-refractivity contribution in [3.8, 4) is 6.07 Å². The minimum Gasteiger partial charge on any atom is -0.451 e. The Morgan fingerprint density at radius 1 is 1.23 bits per heavy atom. The van der Waals surface area contributed by atoms with Gasteiger partial charge in [-0.1, -0.05) is 30.3 Å². The highest BCUT2D eigenvalue weighted by atomic mass is 16.5. The summed E-state index contributed by atoms with van der Waals surface area (Å²) >= 11 is 0. The molecule has 0 atom stereocenters. The van der Waals surface area contributed by atoms with E-state index < -0.39 is 12.6 Å². The topological polar surface area (TPSA) is 84.6 Å². The first kappa shape index (κ1) is 23.9. The van der Waals surface area contributed by atoms with Crippen molar-refractivity contribution in [2.75, 3.05) is 26.9 Å². The molecule has 31 heavy (non-hydrogen) atoms. The van der Waals surface area contributed by atoms with Crippen LogP contribution in [0.3, 0.4) is 0 Å². The zero-order chi connectivity index (χ0) is 22.8. The largest absolute Gasteiger partial charge is 0.451 e. The predicted octanol–water partition coefficient (Wildman–Crippen LogP) is 3.25. The molecule has 2 rings (SSSR count). The number of hydrogen-bond donors (Lipinski definition) is 0. The first-order valence-corrected chi connectivity index (χ1v) is 10.2. The normalized spacial score (nSPS) is 11.1. The van der Waals surface area contributed by atoms with Crippen molar-refractivity contribution in [3.05, 3.63) is 64.5 Å². The molecule has 0 aliphatic carbocycles. The summed E-state index contributed by atoms with van der Waals surface area (Å²) in [4.78, 5) is 26.5. The highest BCUT2D eigenvalue weighted by Gasteiger charge is 2.18. The zero-order valence-electron chi connectivity index (χ0n) is 18.6. The van der Waals surface area contributed by atoms with E-state index >= 15 is 0 Å². The summed E-state index contributed by atoms with van der Waals surface area (Å²) in [5.74, 6) is -1.12. The first-order valence-electron chi connectivity index (χ1n) is 10.2. The molecule has 0 radical (unpaired) electrons. The lowest BCUT2D eigenvalue weighted by Crippen LogP contribution is -2.34. The minimum absolute atomic E-state index is 0.147. The number of carbonyl (C=O) groups excluding carboxylic acids is 2. The van der Waals surface area contributed by atoms with Crippen LogP contribution in [0, 0.1) is 25.2 Å². The molecule has 7 heteroatoms. The van der Waals surface area contributed by atoms with Crippen molar-refractivity contribution in [3.63, 3.8) is 0 Å². The SMILES string of the molecule is CCN(Cc1ccccc1)C(=O)COC(=O)/C(C#N)=C/c1cc(C)n(CCOC)c1C. The van der Waals surface area contributed by atoms with Gasteiger partial charge in [0.1, 0.15) is 11.6 Å². The monoisotopic (exact) mass is 423 g/mol. The van der Waals surface area contributed by atoms with Gasteiger partial charge in [0.05, 0.1) is 6.61 Å². The second-order valence-electron chi connectivity index (χ2n) is 7.11. The standard InChI is InChI=1S/C24H29N3O4/c1-5-26(16-20-9-7-6-8-10-20)23(28)17-31-24(29)22(15-25)14-21-13-18(2)27(19(21)3)11-12-30-4/h6-10,13-14H,5,11-12,16-17H2,1-4H3/b22-14+. The van der Waals surface area contributed by atoms with Crippen LogP contribution in [0.15, 0.2) is 42.0 Å². The van der Waals surface area contributed by atoms with Crippen molar-refractivity contribution in [1.29, 1.82) is 5.26 Å². The van der Waals surface area contributed by atoms with E-state index in [1.165, 1.54) is 6.08 Å². The van der Waals surface area contributed by atoms with Crippen molar-refractivity contribution in [2.45, 2.75) is 33.9 Å². The molecule has 0 saturated heterocycles. The number of hydrogen-bond acceptors (Lipinski definition) is 5. The summed E-state index contributed by atoms with van der Waals surface area (Å²) in [5, 5.41) is 9.44. The number of aromatic nitrogens is 1. The van der Waals surface area contributed by atoms with E-state index in [-0.39, 0.29) is 11.5 Å². The summed E-state index contributed by atoms with van der Waals surface area (Å²) < 4.78 is 12.3. The number of nitrogens with zero attached hydrogens (tertiary/aromatic N) is 3. The molecule has 0 spiro atoms. The van der Waals surface area contributed by atoms with Crippen LogP contribution < -0.4 is 0 Å². The van der Waals surface area contributed by atoms with Gasteiger partial charge in [-0.3, -0.25) is 4.79 Å². The van der Waals surface area contributed by atoms with Crippen LogP contribution in [0.4, 0.5) is 0 Å². The number of likely N-dealkylation sites (N-methyl/N-ethyl adjacent to an activating group) is 1. The summed E-state index contributed by atoms with van der Waals surface area (Å²) in [7, 11) is 1.64. The fraction of sp³-hybridized carbons (Fsp3) is 0.375. The van der Waals surface area contributed by atoms with Gasteiger partial charge in [-0.2, -0.15) is 5.26 Å². The van der Waals surface area contributed by atoms with Crippen LogP contribution in [0.25, 0.3) is 6.08 Å². The predicted molar refractivity (Wildman–Crippen MR) is 118 cm³/mol. The third-order valence-corrected chi connectivity index (χ3v) is 5.05. The third kappa shape index (κ3) is 6.56. The van der Waals surface area contributed by atoms with Gasteiger partial charge in [-0.15, -0.1) is 0 Å². The fourth-order valence-electron chi connectivity index (χ4n) is 3.27. The first-order chi connectivity index (χ1) is 14.9. The summed E-state index contributed by atoms with van der Waals surface area (Å²) in [6, 6.07) is 13.4. The molecule has 0 bridgehead atoms. The maximum Gasteiger partial charge on any atom is 0.349 e. The third-order valence-electron chi connectivity index (χ3n) is 5.05. The number of esters is 1. The van der Waals surface area contributed by atoms with Crippen molar-refractivity contribution >= 4 is 18.0 Å². The Morgan fingerprint density at radius 2 is 1.94 bits per heavy atom. The molecule has 164 valence electrons. The van der Waals surface area contributed by atoms with Gasteiger partial charge in [0.25, 0.3) is 5.91 Å². The van der Waals surface area contributed by atoms with Crippen LogP contribution in [0.1, 0.15) is 29.4 Å². The molecule has 0 fully saturated rings. The number of carbonyl (C=O) groups is 2. The molecule has 0 aliphatic rings. The van der Waals surface area contributed by atoms with Crippen molar-refractivity contribution < 1.29 is 19.1 Å². The Labute approximate surface area is 183 Å². The Bertz CT molecular complexity index is 971. The van der Waals surface area contributed by atoms with E-state index in [1.54, 1.807) is 12.0 Å². The van der Waals surface area contributed by atoms with E-state index in [2.05, 4.69) is 4.57 Å². The zero-order valence-corrected chi connectivity index (χ0v) is 18.6. The summed E-state index contributed by atoms with van der Waals surface area (Å²) in [6.07, 6.45) is 1.50. The minimum atomic E-state index is -0.812. The van der Waals surface area contributed by atoms with Gasteiger partial charge in [0.15, 0.2) is 6.61 Å². The lowest BCUT2D eigenvalue weighted by molar-refractivity contribution is -0.148. The number of methoxy groups -OCH3 is 1. The number of ether oxygens (including phenoxy) is 2. The smallest absolute Gasteiger partial charge is 0.349 e. The van der Waals surface area contributed by atoms with Gasteiger partial charge in [-0.05, 0) is 44.0 Å². The van der Waals surface area contributed by atoms with E-state index in [9.17, 15) is 14.9 Å². The molecule has 1 heterocycles. The summed E-state index contributed by atoms with van der Waals surface area (Å²) in [5.41, 5.74) is 3.52. The Balaban J connectivity index is 2.04. The highest BCUT2D eigenvalue weighted by molar-refractivity contribution is 5.99. The molecular formula is C24H29N3O4. The Hall–Kier alpha value is -3.37. The van der Waals surface area contributed by atoms with Crippen LogP contribution in [0.2, 0.25) is 0 Å². The molecule has 1 aromatic carbocycles. The second-order valence-corrected chi connectivity index (χ2v) is 7.11. The van der Waals surface area contributed by atoms with Crippen molar-refractivity contribution in [1.82, 2.24) is 9.47 Å². The van der Waals surface area contributed by atoms with Gasteiger partial charge < -0.3 is 18.9 Å². The van der Waals surface area contributed by atoms with Crippen LogP contribution >= 0.6 is 0 Å².